The number of amides is 1. The number of hydrazone groups is 1. The smallest absolute Gasteiger partial charge is 0.240 e. The van der Waals surface area contributed by atoms with E-state index in [1.165, 1.54) is 10.5 Å². The predicted molar refractivity (Wildman–Crippen MR) is 103 cm³/mol. The van der Waals surface area contributed by atoms with Gasteiger partial charge in [0, 0.05) is 17.1 Å². The molecule has 0 spiro atoms. The summed E-state index contributed by atoms with van der Waals surface area (Å²) in [5.41, 5.74) is 4.97. The van der Waals surface area contributed by atoms with Crippen molar-refractivity contribution in [3.8, 4) is 0 Å². The molecule has 2 aromatic rings. The van der Waals surface area contributed by atoms with Crippen molar-refractivity contribution >= 4 is 23.9 Å². The summed E-state index contributed by atoms with van der Waals surface area (Å²) in [6, 6.07) is 18.3. The molecule has 0 aromatic heterocycles. The van der Waals surface area contributed by atoms with Gasteiger partial charge in [-0.25, -0.2) is 5.43 Å². The molecule has 0 bridgehead atoms. The molecule has 0 heterocycles. The molecule has 0 aliphatic heterocycles. The Morgan fingerprint density at radius 2 is 1.75 bits per heavy atom. The van der Waals surface area contributed by atoms with E-state index in [0.717, 1.165) is 11.3 Å². The van der Waals surface area contributed by atoms with Crippen molar-refractivity contribution in [2.75, 3.05) is 5.75 Å². The predicted octanol–water partition coefficient (Wildman–Crippen LogP) is 4.62. The molecule has 0 fully saturated rings. The molecule has 0 saturated heterocycles. The van der Waals surface area contributed by atoms with Crippen LogP contribution in [-0.4, -0.2) is 17.9 Å². The summed E-state index contributed by atoms with van der Waals surface area (Å²) in [7, 11) is 0. The highest BCUT2D eigenvalue weighted by atomic mass is 32.2. The molecule has 0 unspecified atom stereocenters. The topological polar surface area (TPSA) is 41.5 Å². The van der Waals surface area contributed by atoms with Crippen LogP contribution in [0.4, 0.5) is 0 Å². The minimum atomic E-state index is -0.0685. The zero-order valence-corrected chi connectivity index (χ0v) is 15.3. The number of carbonyl (C=O) groups excluding carboxylic acids is 1. The Balaban J connectivity index is 1.74. The zero-order chi connectivity index (χ0) is 17.4. The fraction of sp³-hybridized carbons (Fsp3) is 0.300. The van der Waals surface area contributed by atoms with E-state index < -0.39 is 0 Å². The first-order chi connectivity index (χ1) is 11.4. The number of thioether (sulfide) groups is 1. The second-order valence-electron chi connectivity index (χ2n) is 6.58. The maximum Gasteiger partial charge on any atom is 0.240 e. The molecular weight excluding hydrogens is 316 g/mol. The lowest BCUT2D eigenvalue weighted by Crippen LogP contribution is -2.17. The van der Waals surface area contributed by atoms with E-state index in [1.54, 1.807) is 18.0 Å². The van der Waals surface area contributed by atoms with Gasteiger partial charge in [-0.05, 0) is 28.7 Å². The molecule has 2 aromatic carbocycles. The molecule has 0 radical (unpaired) electrons. The quantitative estimate of drug-likeness (QED) is 0.474. The third-order valence-electron chi connectivity index (χ3n) is 3.52. The van der Waals surface area contributed by atoms with Crippen molar-refractivity contribution < 1.29 is 4.79 Å². The molecule has 126 valence electrons. The van der Waals surface area contributed by atoms with Gasteiger partial charge >= 0.3 is 0 Å². The van der Waals surface area contributed by atoms with Gasteiger partial charge in [-0.1, -0.05) is 63.2 Å². The molecule has 0 aliphatic rings. The van der Waals surface area contributed by atoms with Gasteiger partial charge in [0.05, 0.1) is 6.21 Å². The number of nitrogens with one attached hydrogen (secondary N) is 1. The van der Waals surface area contributed by atoms with Crippen LogP contribution >= 0.6 is 11.8 Å². The van der Waals surface area contributed by atoms with Crippen LogP contribution in [-0.2, 0) is 10.2 Å². The van der Waals surface area contributed by atoms with Crippen LogP contribution in [0.1, 0.15) is 38.3 Å². The fourth-order valence-electron chi connectivity index (χ4n) is 2.08. The molecule has 0 saturated carbocycles. The summed E-state index contributed by atoms with van der Waals surface area (Å²) in [5, 5.41) is 4.03. The minimum absolute atomic E-state index is 0.0685. The monoisotopic (exact) mass is 340 g/mol. The summed E-state index contributed by atoms with van der Waals surface area (Å²) < 4.78 is 0. The minimum Gasteiger partial charge on any atom is -0.273 e. The van der Waals surface area contributed by atoms with Crippen LogP contribution in [0.3, 0.4) is 0 Å². The van der Waals surface area contributed by atoms with E-state index in [2.05, 4.69) is 43.4 Å². The molecule has 1 N–H and O–H groups in total. The Morgan fingerprint density at radius 1 is 1.08 bits per heavy atom. The van der Waals surface area contributed by atoms with Gasteiger partial charge < -0.3 is 0 Å². The number of nitrogens with zero attached hydrogens (tertiary/aromatic N) is 1. The fourth-order valence-corrected chi connectivity index (χ4v) is 2.95. The van der Waals surface area contributed by atoms with Crippen LogP contribution < -0.4 is 5.43 Å². The van der Waals surface area contributed by atoms with E-state index in [0.29, 0.717) is 6.42 Å². The van der Waals surface area contributed by atoms with Gasteiger partial charge in [0.1, 0.15) is 0 Å². The highest BCUT2D eigenvalue weighted by molar-refractivity contribution is 7.99. The Bertz CT molecular complexity index is 673. The third kappa shape index (κ3) is 6.20. The molecule has 3 nitrogen and oxygen atoms in total. The van der Waals surface area contributed by atoms with Crippen LogP contribution in [0.15, 0.2) is 64.6 Å². The molecule has 4 heteroatoms. The van der Waals surface area contributed by atoms with E-state index in [-0.39, 0.29) is 11.3 Å². The largest absolute Gasteiger partial charge is 0.273 e. The zero-order valence-electron chi connectivity index (χ0n) is 14.5. The average Bonchev–Trinajstić information content (AvgIpc) is 2.55. The van der Waals surface area contributed by atoms with Gasteiger partial charge in [-0.15, -0.1) is 11.8 Å². The molecular formula is C20H24N2OS. The van der Waals surface area contributed by atoms with Crippen molar-refractivity contribution in [3.63, 3.8) is 0 Å². The van der Waals surface area contributed by atoms with Crippen LogP contribution in [0, 0.1) is 0 Å². The number of carbonyl (C=O) groups is 1. The second kappa shape index (κ2) is 8.69. The molecule has 0 atom stereocenters. The van der Waals surface area contributed by atoms with Crippen molar-refractivity contribution in [3.05, 3.63) is 65.7 Å². The van der Waals surface area contributed by atoms with E-state index >= 15 is 0 Å². The maximum absolute atomic E-state index is 11.8. The van der Waals surface area contributed by atoms with E-state index in [9.17, 15) is 4.79 Å². The van der Waals surface area contributed by atoms with Crippen LogP contribution in [0.5, 0.6) is 0 Å². The van der Waals surface area contributed by atoms with Crippen molar-refractivity contribution in [1.82, 2.24) is 5.43 Å². The van der Waals surface area contributed by atoms with Gasteiger partial charge in [0.25, 0.3) is 0 Å². The first kappa shape index (κ1) is 18.3. The SMILES string of the molecule is CC(C)(C)c1ccc(/C=N\NC(=O)CCSc2ccccc2)cc1. The Labute approximate surface area is 148 Å². The third-order valence-corrected chi connectivity index (χ3v) is 4.53. The molecule has 2 rings (SSSR count). The normalized spacial score (nSPS) is 11.6. The van der Waals surface area contributed by atoms with Gasteiger partial charge in [-0.3, -0.25) is 4.79 Å². The maximum atomic E-state index is 11.8. The Morgan fingerprint density at radius 3 is 2.38 bits per heavy atom. The lowest BCUT2D eigenvalue weighted by molar-refractivity contribution is -0.120. The Hall–Kier alpha value is -2.07. The summed E-state index contributed by atoms with van der Waals surface area (Å²) >= 11 is 1.67. The first-order valence-corrected chi connectivity index (χ1v) is 9.04. The van der Waals surface area contributed by atoms with Gasteiger partial charge in [0.15, 0.2) is 0 Å². The van der Waals surface area contributed by atoms with E-state index in [4.69, 9.17) is 0 Å². The highest BCUT2D eigenvalue weighted by Gasteiger charge is 2.12. The first-order valence-electron chi connectivity index (χ1n) is 8.05. The van der Waals surface area contributed by atoms with Crippen LogP contribution in [0.25, 0.3) is 0 Å². The summed E-state index contributed by atoms with van der Waals surface area (Å²) in [5.74, 6) is 0.673. The second-order valence-corrected chi connectivity index (χ2v) is 7.75. The highest BCUT2D eigenvalue weighted by Crippen LogP contribution is 2.21. The molecule has 0 aliphatic carbocycles. The average molecular weight is 340 g/mol. The van der Waals surface area contributed by atoms with E-state index in [1.807, 2.05) is 42.5 Å². The number of rotatable bonds is 6. The van der Waals surface area contributed by atoms with Crippen LogP contribution in [0.2, 0.25) is 0 Å². The molecule has 24 heavy (non-hydrogen) atoms. The number of hydrogen-bond acceptors (Lipinski definition) is 3. The van der Waals surface area contributed by atoms with Crippen molar-refractivity contribution in [1.29, 1.82) is 0 Å². The lowest BCUT2D eigenvalue weighted by atomic mass is 9.87. The molecule has 1 amide bonds. The number of benzene rings is 2. The Kier molecular flexibility index (Phi) is 6.62. The standard InChI is InChI=1S/C20H24N2OS/c1-20(2,3)17-11-9-16(10-12-17)15-21-22-19(23)13-14-24-18-7-5-4-6-8-18/h4-12,15H,13-14H2,1-3H3,(H,22,23)/b21-15-. The van der Waals surface area contributed by atoms with Gasteiger partial charge in [-0.2, -0.15) is 5.10 Å². The summed E-state index contributed by atoms with van der Waals surface area (Å²) in [4.78, 5) is 12.9. The van der Waals surface area contributed by atoms with Crippen molar-refractivity contribution in [2.45, 2.75) is 37.5 Å². The van der Waals surface area contributed by atoms with Crippen molar-refractivity contribution in [2.24, 2.45) is 5.10 Å². The summed E-state index contributed by atoms with van der Waals surface area (Å²) in [6.07, 6.45) is 2.12. The van der Waals surface area contributed by atoms with Gasteiger partial charge in [0.2, 0.25) is 5.91 Å². The number of hydrogen-bond donors (Lipinski definition) is 1. The summed E-state index contributed by atoms with van der Waals surface area (Å²) in [6.45, 7) is 6.55. The lowest BCUT2D eigenvalue weighted by Gasteiger charge is -2.18.